The van der Waals surface area contributed by atoms with Crippen molar-refractivity contribution in [2.24, 2.45) is 11.8 Å². The number of rotatable bonds is 6. The van der Waals surface area contributed by atoms with Gasteiger partial charge in [-0.05, 0) is 77.1 Å². The number of nitriles is 1. The molecule has 2 heterocycles. The third kappa shape index (κ3) is 7.58. The summed E-state index contributed by atoms with van der Waals surface area (Å²) in [5, 5.41) is 13.0. The average molecular weight is 588 g/mol. The van der Waals surface area contributed by atoms with Crippen LogP contribution in [0.1, 0.15) is 70.4 Å². The molecule has 0 bridgehead atoms. The zero-order valence-electron chi connectivity index (χ0n) is 23.3. The third-order valence-electron chi connectivity index (χ3n) is 7.62. The number of hydrogen-bond acceptors (Lipinski definition) is 6. The molecule has 0 spiro atoms. The fourth-order valence-corrected chi connectivity index (χ4v) is 5.90. The molecule has 1 aliphatic heterocycles. The maximum absolute atomic E-state index is 13.7. The molecule has 8 nitrogen and oxygen atoms in total. The molecule has 0 radical (unpaired) electrons. The quantitative estimate of drug-likeness (QED) is 0.422. The minimum atomic E-state index is -0.550. The van der Waals surface area contributed by atoms with E-state index in [1.807, 2.05) is 44.7 Å². The lowest BCUT2D eigenvalue weighted by Crippen LogP contribution is -2.43. The molecule has 40 heavy (non-hydrogen) atoms. The first-order valence-electron chi connectivity index (χ1n) is 13.7. The summed E-state index contributed by atoms with van der Waals surface area (Å²) in [7, 11) is 0. The van der Waals surface area contributed by atoms with Crippen LogP contribution in [0.5, 0.6) is 5.88 Å². The number of pyridine rings is 1. The largest absolute Gasteiger partial charge is 0.474 e. The standard InChI is InChI=1S/C30H36Cl2N4O4/c1-18(39-27-12-5-19(14-33)15-34-27)23-16-36(17-24(23)21-8-11-25(31)26(32)13-21)28(37)20-6-9-22(10-7-20)35-29(38)40-30(2,3)4/h5,8,11-13,15,18,20,22-24H,6-7,9-10,16-17H2,1-4H3,(H,35,38). The third-order valence-corrected chi connectivity index (χ3v) is 8.36. The smallest absolute Gasteiger partial charge is 0.407 e. The second-order valence-corrected chi connectivity index (χ2v) is 12.5. The van der Waals surface area contributed by atoms with Gasteiger partial charge in [-0.3, -0.25) is 4.79 Å². The van der Waals surface area contributed by atoms with Gasteiger partial charge in [0.15, 0.2) is 0 Å². The number of amides is 2. The number of likely N-dealkylation sites (tertiary alicyclic amines) is 1. The average Bonchev–Trinajstić information content (AvgIpc) is 3.35. The Balaban J connectivity index is 1.43. The Morgan fingerprint density at radius 1 is 1.10 bits per heavy atom. The molecule has 1 N–H and O–H groups in total. The molecule has 2 amide bonds. The van der Waals surface area contributed by atoms with Crippen LogP contribution in [0.3, 0.4) is 0 Å². The van der Waals surface area contributed by atoms with Crippen LogP contribution in [0.4, 0.5) is 4.79 Å². The van der Waals surface area contributed by atoms with E-state index in [2.05, 4.69) is 16.4 Å². The van der Waals surface area contributed by atoms with Gasteiger partial charge in [-0.15, -0.1) is 0 Å². The summed E-state index contributed by atoms with van der Waals surface area (Å²) < 4.78 is 11.6. The van der Waals surface area contributed by atoms with E-state index in [1.54, 1.807) is 18.2 Å². The molecule has 214 valence electrons. The van der Waals surface area contributed by atoms with Gasteiger partial charge >= 0.3 is 6.09 Å². The minimum Gasteiger partial charge on any atom is -0.474 e. The number of halogens is 2. The van der Waals surface area contributed by atoms with E-state index in [4.69, 9.17) is 37.9 Å². The van der Waals surface area contributed by atoms with E-state index in [9.17, 15) is 9.59 Å². The molecule has 1 saturated heterocycles. The molecular weight excluding hydrogens is 551 g/mol. The summed E-state index contributed by atoms with van der Waals surface area (Å²) in [6.45, 7) is 8.58. The normalized spacial score (nSPS) is 23.7. The van der Waals surface area contributed by atoms with Crippen molar-refractivity contribution in [2.45, 2.75) is 77.0 Å². The maximum Gasteiger partial charge on any atom is 0.407 e. The van der Waals surface area contributed by atoms with Crippen LogP contribution in [-0.4, -0.2) is 52.7 Å². The van der Waals surface area contributed by atoms with Gasteiger partial charge in [-0.1, -0.05) is 29.3 Å². The predicted molar refractivity (Wildman–Crippen MR) is 153 cm³/mol. The fourth-order valence-electron chi connectivity index (χ4n) is 5.59. The Bertz CT molecular complexity index is 1250. The highest BCUT2D eigenvalue weighted by molar-refractivity contribution is 6.42. The number of carbonyl (C=O) groups is 2. The number of nitrogens with one attached hydrogen (secondary N) is 1. The summed E-state index contributed by atoms with van der Waals surface area (Å²) >= 11 is 12.6. The highest BCUT2D eigenvalue weighted by atomic mass is 35.5. The van der Waals surface area contributed by atoms with Crippen LogP contribution < -0.4 is 10.1 Å². The first kappa shape index (κ1) is 30.0. The van der Waals surface area contributed by atoms with Crippen LogP contribution in [-0.2, 0) is 9.53 Å². The summed E-state index contributed by atoms with van der Waals surface area (Å²) in [6, 6.07) is 11.0. The molecule has 1 aromatic carbocycles. The number of hydrogen-bond donors (Lipinski definition) is 1. The molecule has 1 aromatic heterocycles. The Kier molecular flexibility index (Phi) is 9.48. The number of ether oxygens (including phenoxy) is 2. The van der Waals surface area contributed by atoms with Gasteiger partial charge in [0.2, 0.25) is 11.8 Å². The molecule has 3 unspecified atom stereocenters. The van der Waals surface area contributed by atoms with E-state index >= 15 is 0 Å². The lowest BCUT2D eigenvalue weighted by molar-refractivity contribution is -0.135. The summed E-state index contributed by atoms with van der Waals surface area (Å²) in [5.74, 6) is 0.453. The first-order valence-corrected chi connectivity index (χ1v) is 14.4. The van der Waals surface area contributed by atoms with Crippen molar-refractivity contribution in [1.82, 2.24) is 15.2 Å². The van der Waals surface area contributed by atoms with Crippen LogP contribution in [0.15, 0.2) is 36.5 Å². The van der Waals surface area contributed by atoms with Crippen LogP contribution in [0.25, 0.3) is 0 Å². The summed E-state index contributed by atoms with van der Waals surface area (Å²) in [4.78, 5) is 32.1. The lowest BCUT2D eigenvalue weighted by Gasteiger charge is -2.31. The van der Waals surface area contributed by atoms with Crippen molar-refractivity contribution in [3.05, 3.63) is 57.7 Å². The second kappa shape index (κ2) is 12.7. The molecule has 4 rings (SSSR count). The SMILES string of the molecule is CC(Oc1ccc(C#N)cn1)C1CN(C(=O)C2CCC(NC(=O)OC(C)(C)C)CC2)CC1c1ccc(Cl)c(Cl)c1. The van der Waals surface area contributed by atoms with Gasteiger partial charge in [0.1, 0.15) is 17.8 Å². The first-order chi connectivity index (χ1) is 18.9. The highest BCUT2D eigenvalue weighted by Gasteiger charge is 2.42. The van der Waals surface area contributed by atoms with Crippen LogP contribution in [0.2, 0.25) is 10.0 Å². The number of carbonyl (C=O) groups excluding carboxylic acids is 2. The van der Waals surface area contributed by atoms with Gasteiger partial charge < -0.3 is 19.7 Å². The molecule has 10 heteroatoms. The second-order valence-electron chi connectivity index (χ2n) is 11.7. The Hall–Kier alpha value is -3.02. The number of aromatic nitrogens is 1. The molecule has 1 aliphatic carbocycles. The predicted octanol–water partition coefficient (Wildman–Crippen LogP) is 6.35. The van der Waals surface area contributed by atoms with Gasteiger partial charge in [-0.2, -0.15) is 5.26 Å². The van der Waals surface area contributed by atoms with Gasteiger partial charge in [-0.25, -0.2) is 9.78 Å². The van der Waals surface area contributed by atoms with Crippen molar-refractivity contribution in [2.75, 3.05) is 13.1 Å². The number of nitrogens with zero attached hydrogens (tertiary/aromatic N) is 3. The molecule has 3 atom stereocenters. The van der Waals surface area contributed by atoms with Gasteiger partial charge in [0, 0.05) is 49.1 Å². The lowest BCUT2D eigenvalue weighted by atomic mass is 9.85. The van der Waals surface area contributed by atoms with Crippen molar-refractivity contribution >= 4 is 35.2 Å². The van der Waals surface area contributed by atoms with Crippen molar-refractivity contribution in [1.29, 1.82) is 5.26 Å². The van der Waals surface area contributed by atoms with Crippen LogP contribution in [0, 0.1) is 23.2 Å². The van der Waals surface area contributed by atoms with Crippen molar-refractivity contribution < 1.29 is 19.1 Å². The van der Waals surface area contributed by atoms with Gasteiger partial charge in [0.05, 0.1) is 15.6 Å². The zero-order chi connectivity index (χ0) is 29.0. The van der Waals surface area contributed by atoms with E-state index in [0.717, 1.165) is 18.4 Å². The van der Waals surface area contributed by atoms with E-state index < -0.39 is 11.7 Å². The van der Waals surface area contributed by atoms with Crippen molar-refractivity contribution in [3.63, 3.8) is 0 Å². The molecule has 1 saturated carbocycles. The van der Waals surface area contributed by atoms with Crippen LogP contribution >= 0.6 is 23.2 Å². The molecule has 2 aliphatic rings. The van der Waals surface area contributed by atoms with Gasteiger partial charge in [0.25, 0.3) is 0 Å². The Morgan fingerprint density at radius 2 is 1.82 bits per heavy atom. The number of alkyl carbamates (subject to hydrolysis) is 1. The molecular formula is C30H36Cl2N4O4. The van der Waals surface area contributed by atoms with E-state index in [1.165, 1.54) is 6.20 Å². The Morgan fingerprint density at radius 3 is 2.42 bits per heavy atom. The Labute approximate surface area is 245 Å². The molecule has 2 aromatic rings. The minimum absolute atomic E-state index is 0.00234. The van der Waals surface area contributed by atoms with Crippen molar-refractivity contribution in [3.8, 4) is 11.9 Å². The maximum atomic E-state index is 13.7. The van der Waals surface area contributed by atoms with E-state index in [-0.39, 0.29) is 35.8 Å². The monoisotopic (exact) mass is 586 g/mol. The topological polar surface area (TPSA) is 105 Å². The zero-order valence-corrected chi connectivity index (χ0v) is 24.8. The number of benzene rings is 1. The fraction of sp³-hybridized carbons (Fsp3) is 0.533. The molecule has 2 fully saturated rings. The summed E-state index contributed by atoms with van der Waals surface area (Å²) in [5.41, 5.74) is 0.913. The van der Waals surface area contributed by atoms with E-state index in [0.29, 0.717) is 47.4 Å². The summed E-state index contributed by atoms with van der Waals surface area (Å²) in [6.07, 6.45) is 3.68. The highest BCUT2D eigenvalue weighted by Crippen LogP contribution is 2.39.